The number of rotatable bonds is 4. The van der Waals surface area contributed by atoms with Crippen LogP contribution in [0.2, 0.25) is 0 Å². The maximum absolute atomic E-state index is 4.79. The number of hydrogen-bond donors (Lipinski definition) is 2. The first kappa shape index (κ1) is 14.4. The Balaban J connectivity index is 1.78. The van der Waals surface area contributed by atoms with Gasteiger partial charge in [0, 0.05) is 19.1 Å². The van der Waals surface area contributed by atoms with E-state index in [1.54, 1.807) is 0 Å². The summed E-state index contributed by atoms with van der Waals surface area (Å²) >= 11 is 0. The molecule has 2 rings (SSSR count). The summed E-state index contributed by atoms with van der Waals surface area (Å²) in [6, 6.07) is 0.546. The molecular formula is C16H29N3. The van der Waals surface area contributed by atoms with Crippen molar-refractivity contribution in [1.29, 1.82) is 0 Å². The Labute approximate surface area is 118 Å². The van der Waals surface area contributed by atoms with Gasteiger partial charge in [-0.1, -0.05) is 31.9 Å². The zero-order chi connectivity index (χ0) is 13.5. The van der Waals surface area contributed by atoms with Crippen molar-refractivity contribution < 1.29 is 0 Å². The van der Waals surface area contributed by atoms with Crippen molar-refractivity contribution in [2.24, 2.45) is 16.8 Å². The lowest BCUT2D eigenvalue weighted by Crippen LogP contribution is -2.42. The summed E-state index contributed by atoms with van der Waals surface area (Å²) < 4.78 is 0. The van der Waals surface area contributed by atoms with Gasteiger partial charge in [-0.25, -0.2) is 0 Å². The number of nitrogens with one attached hydrogen (secondary N) is 2. The van der Waals surface area contributed by atoms with Gasteiger partial charge in [0.25, 0.3) is 0 Å². The van der Waals surface area contributed by atoms with E-state index in [1.807, 2.05) is 0 Å². The molecule has 0 amide bonds. The fraction of sp³-hybridized carbons (Fsp3) is 0.812. The summed E-state index contributed by atoms with van der Waals surface area (Å²) in [6.07, 6.45) is 12.3. The van der Waals surface area contributed by atoms with Crippen LogP contribution in [-0.2, 0) is 0 Å². The van der Waals surface area contributed by atoms with Crippen molar-refractivity contribution in [3.63, 3.8) is 0 Å². The third-order valence-electron chi connectivity index (χ3n) is 4.34. The summed E-state index contributed by atoms with van der Waals surface area (Å²) in [5, 5.41) is 6.91. The van der Waals surface area contributed by atoms with Gasteiger partial charge in [0.15, 0.2) is 5.96 Å². The molecule has 108 valence electrons. The van der Waals surface area contributed by atoms with Crippen molar-refractivity contribution in [3.05, 3.63) is 12.2 Å². The predicted molar refractivity (Wildman–Crippen MR) is 82.4 cm³/mol. The largest absolute Gasteiger partial charge is 0.357 e. The summed E-state index contributed by atoms with van der Waals surface area (Å²) in [5.41, 5.74) is 0. The van der Waals surface area contributed by atoms with E-state index in [0.29, 0.717) is 6.04 Å². The third kappa shape index (κ3) is 4.88. The average molecular weight is 263 g/mol. The number of guanidine groups is 1. The highest BCUT2D eigenvalue weighted by atomic mass is 15.2. The first-order valence-electron chi connectivity index (χ1n) is 7.97. The monoisotopic (exact) mass is 263 g/mol. The van der Waals surface area contributed by atoms with Crippen LogP contribution in [0, 0.1) is 11.8 Å². The molecule has 0 bridgehead atoms. The summed E-state index contributed by atoms with van der Waals surface area (Å²) in [7, 11) is 0. The van der Waals surface area contributed by atoms with E-state index in [0.717, 1.165) is 43.7 Å². The Morgan fingerprint density at radius 3 is 2.47 bits per heavy atom. The minimum absolute atomic E-state index is 0.546. The summed E-state index contributed by atoms with van der Waals surface area (Å²) in [4.78, 5) is 4.79. The van der Waals surface area contributed by atoms with Crippen molar-refractivity contribution >= 4 is 5.96 Å². The average Bonchev–Trinajstić information content (AvgIpc) is 2.91. The van der Waals surface area contributed by atoms with Crippen LogP contribution in [0.4, 0.5) is 0 Å². The van der Waals surface area contributed by atoms with E-state index in [2.05, 4.69) is 36.6 Å². The van der Waals surface area contributed by atoms with E-state index < -0.39 is 0 Å². The van der Waals surface area contributed by atoms with Gasteiger partial charge in [0.05, 0.1) is 0 Å². The number of hydrogen-bond acceptors (Lipinski definition) is 1. The first-order valence-corrected chi connectivity index (χ1v) is 7.97. The van der Waals surface area contributed by atoms with Gasteiger partial charge in [0.1, 0.15) is 0 Å². The zero-order valence-corrected chi connectivity index (χ0v) is 12.5. The minimum Gasteiger partial charge on any atom is -0.357 e. The van der Waals surface area contributed by atoms with Gasteiger partial charge in [-0.05, 0) is 44.4 Å². The van der Waals surface area contributed by atoms with E-state index in [9.17, 15) is 0 Å². The van der Waals surface area contributed by atoms with Crippen LogP contribution in [0.15, 0.2) is 17.1 Å². The molecule has 2 N–H and O–H groups in total. The van der Waals surface area contributed by atoms with Gasteiger partial charge in [-0.2, -0.15) is 0 Å². The van der Waals surface area contributed by atoms with E-state index in [4.69, 9.17) is 4.99 Å². The predicted octanol–water partition coefficient (Wildman–Crippen LogP) is 3.09. The van der Waals surface area contributed by atoms with Gasteiger partial charge in [-0.15, -0.1) is 0 Å². The molecule has 2 aliphatic carbocycles. The maximum atomic E-state index is 4.79. The highest BCUT2D eigenvalue weighted by molar-refractivity contribution is 5.80. The van der Waals surface area contributed by atoms with E-state index in [1.165, 1.54) is 25.7 Å². The smallest absolute Gasteiger partial charge is 0.191 e. The van der Waals surface area contributed by atoms with Crippen molar-refractivity contribution in [2.75, 3.05) is 13.1 Å². The second-order valence-electron chi connectivity index (χ2n) is 6.13. The van der Waals surface area contributed by atoms with Crippen molar-refractivity contribution in [2.45, 2.75) is 58.4 Å². The molecule has 0 spiro atoms. The molecular weight excluding hydrogens is 234 g/mol. The fourth-order valence-corrected chi connectivity index (χ4v) is 2.98. The highest BCUT2D eigenvalue weighted by Crippen LogP contribution is 2.28. The Hall–Kier alpha value is -0.990. The van der Waals surface area contributed by atoms with E-state index in [-0.39, 0.29) is 0 Å². The molecule has 0 radical (unpaired) electrons. The minimum atomic E-state index is 0.546. The Kier molecular flexibility index (Phi) is 5.74. The van der Waals surface area contributed by atoms with Crippen LogP contribution in [0.3, 0.4) is 0 Å². The molecule has 1 fully saturated rings. The molecule has 3 heteroatoms. The molecule has 0 aromatic carbocycles. The molecule has 19 heavy (non-hydrogen) atoms. The van der Waals surface area contributed by atoms with Crippen LogP contribution in [-0.4, -0.2) is 25.1 Å². The molecule has 1 saturated carbocycles. The quantitative estimate of drug-likeness (QED) is 0.464. The van der Waals surface area contributed by atoms with Crippen LogP contribution >= 0.6 is 0 Å². The molecule has 0 saturated heterocycles. The normalized spacial score (nSPS) is 28.6. The Bertz CT molecular complexity index is 306. The maximum Gasteiger partial charge on any atom is 0.191 e. The van der Waals surface area contributed by atoms with Crippen LogP contribution in [0.25, 0.3) is 0 Å². The van der Waals surface area contributed by atoms with Gasteiger partial charge in [0.2, 0.25) is 0 Å². The van der Waals surface area contributed by atoms with E-state index >= 15 is 0 Å². The van der Waals surface area contributed by atoms with Crippen molar-refractivity contribution in [1.82, 2.24) is 10.6 Å². The topological polar surface area (TPSA) is 36.4 Å². The lowest BCUT2D eigenvalue weighted by molar-refractivity contribution is 0.296. The fourth-order valence-electron chi connectivity index (χ4n) is 2.98. The van der Waals surface area contributed by atoms with Gasteiger partial charge < -0.3 is 10.6 Å². The molecule has 0 atom stereocenters. The first-order chi connectivity index (χ1) is 9.28. The van der Waals surface area contributed by atoms with Gasteiger partial charge in [-0.3, -0.25) is 4.99 Å². The molecule has 0 aromatic heterocycles. The third-order valence-corrected chi connectivity index (χ3v) is 4.34. The van der Waals surface area contributed by atoms with Crippen LogP contribution in [0.1, 0.15) is 52.4 Å². The van der Waals surface area contributed by atoms with Crippen LogP contribution in [0.5, 0.6) is 0 Å². The molecule has 0 aromatic rings. The summed E-state index contributed by atoms with van der Waals surface area (Å²) in [6.45, 7) is 6.43. The van der Waals surface area contributed by atoms with Crippen LogP contribution < -0.4 is 10.6 Å². The lowest BCUT2D eigenvalue weighted by Gasteiger charge is -2.25. The van der Waals surface area contributed by atoms with Crippen molar-refractivity contribution in [3.8, 4) is 0 Å². The molecule has 0 unspecified atom stereocenters. The highest BCUT2D eigenvalue weighted by Gasteiger charge is 2.18. The Morgan fingerprint density at radius 2 is 1.84 bits per heavy atom. The standard InChI is InChI=1S/C16H29N3/c1-3-17-16(19-15-6-4-5-7-15)18-12-14-10-8-13(2)9-11-14/h4-5,13-15H,3,6-12H2,1-2H3,(H2,17,18,19). The second kappa shape index (κ2) is 7.56. The second-order valence-corrected chi connectivity index (χ2v) is 6.13. The SMILES string of the molecule is CCNC(=NCC1CCC(C)CC1)NC1CC=CC1. The van der Waals surface area contributed by atoms with Gasteiger partial charge >= 0.3 is 0 Å². The molecule has 0 aliphatic heterocycles. The Morgan fingerprint density at radius 1 is 1.16 bits per heavy atom. The number of nitrogens with zero attached hydrogens (tertiary/aromatic N) is 1. The number of aliphatic imine (C=N–C) groups is 1. The summed E-state index contributed by atoms with van der Waals surface area (Å²) in [5.74, 6) is 2.74. The molecule has 3 nitrogen and oxygen atoms in total. The zero-order valence-electron chi connectivity index (χ0n) is 12.5. The lowest BCUT2D eigenvalue weighted by atomic mass is 9.83. The molecule has 2 aliphatic rings. The molecule has 0 heterocycles.